The number of anilines is 4. The van der Waals surface area contributed by atoms with Gasteiger partial charge in [0.05, 0.1) is 0 Å². The fourth-order valence-corrected chi connectivity index (χ4v) is 2.48. The molecular formula is C19H20N4. The van der Waals surface area contributed by atoms with Crippen molar-refractivity contribution in [2.24, 2.45) is 0 Å². The monoisotopic (exact) mass is 304 g/mol. The van der Waals surface area contributed by atoms with Gasteiger partial charge in [-0.2, -0.15) is 4.98 Å². The van der Waals surface area contributed by atoms with Crippen molar-refractivity contribution in [2.45, 2.75) is 13.8 Å². The minimum absolute atomic E-state index is 0.603. The van der Waals surface area contributed by atoms with Crippen LogP contribution in [0, 0.1) is 6.92 Å². The fraction of sp³-hybridized carbons (Fsp3) is 0.158. The molecule has 4 nitrogen and oxygen atoms in total. The highest BCUT2D eigenvalue weighted by molar-refractivity contribution is 5.63. The third kappa shape index (κ3) is 3.48. The van der Waals surface area contributed by atoms with E-state index in [4.69, 9.17) is 0 Å². The predicted octanol–water partition coefficient (Wildman–Crippen LogP) is 4.69. The van der Waals surface area contributed by atoms with Crippen molar-refractivity contribution in [3.8, 4) is 0 Å². The largest absolute Gasteiger partial charge is 0.327 e. The van der Waals surface area contributed by atoms with Crippen LogP contribution in [0.25, 0.3) is 0 Å². The summed E-state index contributed by atoms with van der Waals surface area (Å²) < 4.78 is 0. The summed E-state index contributed by atoms with van der Waals surface area (Å²) in [5.74, 6) is 1.48. The van der Waals surface area contributed by atoms with Crippen molar-refractivity contribution in [3.05, 3.63) is 72.4 Å². The molecule has 0 saturated carbocycles. The summed E-state index contributed by atoms with van der Waals surface area (Å²) in [6, 6.07) is 20.3. The quantitative estimate of drug-likeness (QED) is 0.742. The summed E-state index contributed by atoms with van der Waals surface area (Å²) in [6.45, 7) is 5.02. The molecule has 1 heterocycles. The molecule has 0 bridgehead atoms. The molecule has 2 aromatic carbocycles. The molecule has 1 aromatic heterocycles. The average molecular weight is 304 g/mol. The number of benzene rings is 2. The van der Waals surface area contributed by atoms with Crippen LogP contribution in [0.5, 0.6) is 0 Å². The zero-order valence-corrected chi connectivity index (χ0v) is 13.4. The molecule has 1 N–H and O–H groups in total. The summed E-state index contributed by atoms with van der Waals surface area (Å²) in [5.41, 5.74) is 3.31. The number of nitrogens with one attached hydrogen (secondary N) is 1. The highest BCUT2D eigenvalue weighted by atomic mass is 15.2. The number of nitrogens with zero attached hydrogens (tertiary/aromatic N) is 3. The van der Waals surface area contributed by atoms with Crippen LogP contribution in [0.3, 0.4) is 0 Å². The Labute approximate surface area is 136 Å². The van der Waals surface area contributed by atoms with Crippen LogP contribution in [-0.2, 0) is 0 Å². The normalized spacial score (nSPS) is 10.3. The summed E-state index contributed by atoms with van der Waals surface area (Å²) in [4.78, 5) is 11.2. The predicted molar refractivity (Wildman–Crippen MR) is 95.6 cm³/mol. The summed E-state index contributed by atoms with van der Waals surface area (Å²) in [5, 5.41) is 3.29. The molecule has 4 heteroatoms. The third-order valence-corrected chi connectivity index (χ3v) is 3.69. The fourth-order valence-electron chi connectivity index (χ4n) is 2.48. The van der Waals surface area contributed by atoms with Crippen LogP contribution in [0.2, 0.25) is 0 Å². The van der Waals surface area contributed by atoms with E-state index in [0.29, 0.717) is 5.95 Å². The van der Waals surface area contributed by atoms with Crippen molar-refractivity contribution in [3.63, 3.8) is 0 Å². The Morgan fingerprint density at radius 2 is 1.70 bits per heavy atom. The molecule has 116 valence electrons. The van der Waals surface area contributed by atoms with Gasteiger partial charge >= 0.3 is 0 Å². The highest BCUT2D eigenvalue weighted by Gasteiger charge is 2.10. The molecule has 0 atom stereocenters. The minimum atomic E-state index is 0.603. The van der Waals surface area contributed by atoms with E-state index in [0.717, 1.165) is 29.3 Å². The van der Waals surface area contributed by atoms with Gasteiger partial charge in [0.2, 0.25) is 5.95 Å². The maximum Gasteiger partial charge on any atom is 0.229 e. The smallest absolute Gasteiger partial charge is 0.229 e. The van der Waals surface area contributed by atoms with Gasteiger partial charge < -0.3 is 10.2 Å². The number of rotatable bonds is 5. The van der Waals surface area contributed by atoms with E-state index < -0.39 is 0 Å². The van der Waals surface area contributed by atoms with E-state index in [-0.39, 0.29) is 0 Å². The molecule has 0 unspecified atom stereocenters. The second-order valence-electron chi connectivity index (χ2n) is 5.26. The van der Waals surface area contributed by atoms with E-state index in [1.54, 1.807) is 6.20 Å². The van der Waals surface area contributed by atoms with Crippen LogP contribution in [0.4, 0.5) is 23.1 Å². The zero-order chi connectivity index (χ0) is 16.1. The van der Waals surface area contributed by atoms with Gasteiger partial charge in [-0.15, -0.1) is 0 Å². The molecule has 0 aliphatic rings. The Morgan fingerprint density at radius 3 is 2.43 bits per heavy atom. The maximum atomic E-state index is 4.66. The molecule has 0 spiro atoms. The minimum Gasteiger partial charge on any atom is -0.327 e. The van der Waals surface area contributed by atoms with Gasteiger partial charge in [0.15, 0.2) is 0 Å². The molecule has 0 fully saturated rings. The van der Waals surface area contributed by atoms with Crippen molar-refractivity contribution < 1.29 is 0 Å². The van der Waals surface area contributed by atoms with Gasteiger partial charge in [0.1, 0.15) is 5.82 Å². The van der Waals surface area contributed by atoms with E-state index >= 15 is 0 Å². The van der Waals surface area contributed by atoms with E-state index in [2.05, 4.69) is 52.2 Å². The summed E-state index contributed by atoms with van der Waals surface area (Å²) in [6.07, 6.45) is 1.79. The van der Waals surface area contributed by atoms with E-state index in [1.165, 1.54) is 0 Å². The third-order valence-electron chi connectivity index (χ3n) is 3.69. The lowest BCUT2D eigenvalue weighted by Crippen LogP contribution is -2.17. The van der Waals surface area contributed by atoms with Crippen molar-refractivity contribution >= 4 is 23.1 Å². The number of para-hydroxylation sites is 2. The summed E-state index contributed by atoms with van der Waals surface area (Å²) >= 11 is 0. The molecule has 0 aliphatic heterocycles. The number of hydrogen-bond donors (Lipinski definition) is 1. The highest BCUT2D eigenvalue weighted by Crippen LogP contribution is 2.24. The lowest BCUT2D eigenvalue weighted by molar-refractivity contribution is 0.978. The van der Waals surface area contributed by atoms with Crippen LogP contribution in [0.1, 0.15) is 12.5 Å². The Hall–Kier alpha value is -2.88. The van der Waals surface area contributed by atoms with Crippen molar-refractivity contribution in [2.75, 3.05) is 16.8 Å². The van der Waals surface area contributed by atoms with E-state index in [1.807, 2.05) is 42.5 Å². The van der Waals surface area contributed by atoms with Crippen LogP contribution < -0.4 is 10.2 Å². The van der Waals surface area contributed by atoms with Crippen molar-refractivity contribution in [1.29, 1.82) is 0 Å². The number of aryl methyl sites for hydroxylation is 1. The van der Waals surface area contributed by atoms with Crippen molar-refractivity contribution in [1.82, 2.24) is 9.97 Å². The van der Waals surface area contributed by atoms with Gasteiger partial charge in [-0.25, -0.2) is 4.98 Å². The van der Waals surface area contributed by atoms with Gasteiger partial charge in [-0.05, 0) is 43.7 Å². The lowest BCUT2D eigenvalue weighted by Gasteiger charge is -2.22. The summed E-state index contributed by atoms with van der Waals surface area (Å²) in [7, 11) is 0. The molecule has 0 radical (unpaired) electrons. The zero-order valence-electron chi connectivity index (χ0n) is 13.4. The Kier molecular flexibility index (Phi) is 4.52. The lowest BCUT2D eigenvalue weighted by atomic mass is 10.2. The molecule has 23 heavy (non-hydrogen) atoms. The Balaban J connectivity index is 1.89. The number of aromatic nitrogens is 2. The molecule has 3 rings (SSSR count). The molecule has 0 saturated heterocycles. The maximum absolute atomic E-state index is 4.66. The second kappa shape index (κ2) is 6.92. The first kappa shape index (κ1) is 15.0. The van der Waals surface area contributed by atoms with Gasteiger partial charge in [-0.3, -0.25) is 0 Å². The first-order valence-electron chi connectivity index (χ1n) is 7.76. The molecule has 3 aromatic rings. The van der Waals surface area contributed by atoms with Crippen LogP contribution in [-0.4, -0.2) is 16.5 Å². The number of hydrogen-bond acceptors (Lipinski definition) is 4. The van der Waals surface area contributed by atoms with Crippen LogP contribution >= 0.6 is 0 Å². The van der Waals surface area contributed by atoms with E-state index in [9.17, 15) is 0 Å². The topological polar surface area (TPSA) is 41.1 Å². The molecular weight excluding hydrogens is 284 g/mol. The molecule has 0 amide bonds. The van der Waals surface area contributed by atoms with Crippen LogP contribution in [0.15, 0.2) is 66.9 Å². The van der Waals surface area contributed by atoms with Gasteiger partial charge in [-0.1, -0.05) is 36.4 Å². The average Bonchev–Trinajstić information content (AvgIpc) is 2.59. The Morgan fingerprint density at radius 1 is 0.957 bits per heavy atom. The second-order valence-corrected chi connectivity index (χ2v) is 5.26. The Bertz CT molecular complexity index is 771. The first-order valence-corrected chi connectivity index (χ1v) is 7.76. The van der Waals surface area contributed by atoms with Gasteiger partial charge in [0, 0.05) is 24.1 Å². The SMILES string of the molecule is CCN(c1ccccc1)c1ccnc(Nc2ccccc2C)n1. The standard InChI is InChI=1S/C19H20N4/c1-3-23(16-10-5-4-6-11-16)18-13-14-20-19(22-18)21-17-12-8-7-9-15(17)2/h4-14H,3H2,1-2H3,(H,20,21,22). The molecule has 0 aliphatic carbocycles. The first-order chi connectivity index (χ1) is 11.3. The van der Waals surface area contributed by atoms with Gasteiger partial charge in [0.25, 0.3) is 0 Å².